The molecule has 1 aromatic rings. The first-order valence-corrected chi connectivity index (χ1v) is 15.4. The number of aliphatic hydroxyl groups excluding tert-OH is 1. The molecule has 4 aliphatic heterocycles. The summed E-state index contributed by atoms with van der Waals surface area (Å²) >= 11 is 0. The number of rotatable bonds is 13. The highest BCUT2D eigenvalue weighted by atomic mass is 16.5. The van der Waals surface area contributed by atoms with Crippen molar-refractivity contribution in [2.24, 2.45) is 11.8 Å². The quantitative estimate of drug-likeness (QED) is 0.344. The van der Waals surface area contributed by atoms with Gasteiger partial charge in [-0.15, -0.1) is 13.2 Å². The summed E-state index contributed by atoms with van der Waals surface area (Å²) in [5.41, 5.74) is -1.09. The molecule has 1 spiro atoms. The number of nitrogens with zero attached hydrogens (tertiary/aromatic N) is 4. The normalized spacial score (nSPS) is 30.6. The van der Waals surface area contributed by atoms with Crippen molar-refractivity contribution >= 4 is 17.7 Å². The highest BCUT2D eigenvalue weighted by Gasteiger charge is 2.78. The number of likely N-dealkylation sites (N-methyl/N-ethyl adjacent to an activating group) is 1. The molecular weight excluding hydrogens is 548 g/mol. The maximum absolute atomic E-state index is 14.8. The lowest BCUT2D eigenvalue weighted by molar-refractivity contribution is -0.156. The van der Waals surface area contributed by atoms with Crippen LogP contribution < -0.4 is 0 Å². The lowest BCUT2D eigenvalue weighted by Crippen LogP contribution is -2.60. The molecule has 43 heavy (non-hydrogen) atoms. The monoisotopic (exact) mass is 594 g/mol. The van der Waals surface area contributed by atoms with Gasteiger partial charge in [-0.3, -0.25) is 19.3 Å². The third kappa shape index (κ3) is 5.66. The van der Waals surface area contributed by atoms with E-state index in [4.69, 9.17) is 9.47 Å². The van der Waals surface area contributed by atoms with Gasteiger partial charge in [0.2, 0.25) is 17.7 Å². The lowest BCUT2D eigenvalue weighted by Gasteiger charge is -2.40. The summed E-state index contributed by atoms with van der Waals surface area (Å²) in [5.74, 6) is -2.28. The third-order valence-corrected chi connectivity index (χ3v) is 9.86. The number of benzene rings is 1. The molecule has 6 atom stereocenters. The lowest BCUT2D eigenvalue weighted by atomic mass is 9.66. The maximum atomic E-state index is 14.8. The van der Waals surface area contributed by atoms with Crippen LogP contribution in [0.5, 0.6) is 0 Å². The third-order valence-electron chi connectivity index (χ3n) is 9.86. The predicted octanol–water partition coefficient (Wildman–Crippen LogP) is 1.35. The van der Waals surface area contributed by atoms with Gasteiger partial charge < -0.3 is 29.3 Å². The Hall–Kier alpha value is -3.05. The minimum absolute atomic E-state index is 0.186. The molecule has 1 N–H and O–H groups in total. The molecule has 4 aliphatic rings. The molecule has 2 bridgehead atoms. The molecule has 4 saturated heterocycles. The fraction of sp³-hybridized carbons (Fsp3) is 0.606. The average Bonchev–Trinajstić information content (AvgIpc) is 3.59. The summed E-state index contributed by atoms with van der Waals surface area (Å²) < 4.78 is 12.3. The van der Waals surface area contributed by atoms with E-state index in [9.17, 15) is 19.5 Å². The molecule has 0 radical (unpaired) electrons. The number of morpholine rings is 1. The first kappa shape index (κ1) is 31.4. The zero-order valence-electron chi connectivity index (χ0n) is 25.5. The van der Waals surface area contributed by atoms with Gasteiger partial charge in [0.15, 0.2) is 0 Å². The van der Waals surface area contributed by atoms with Crippen molar-refractivity contribution in [3.8, 4) is 0 Å². The fourth-order valence-corrected chi connectivity index (χ4v) is 7.78. The van der Waals surface area contributed by atoms with Gasteiger partial charge in [0, 0.05) is 46.3 Å². The SMILES string of the molecule is C=CCN(C)C(=O)[C@H]1[C@H]2C(=O)N([C@@H](CO)Cc3ccccc3)C(C(=O)N(CC=C)CCN3CCOCC3)C23CC[C@]1(C)O3. The second kappa shape index (κ2) is 12.9. The van der Waals surface area contributed by atoms with Gasteiger partial charge in [-0.2, -0.15) is 0 Å². The number of fused-ring (bicyclic) bond motifs is 1. The van der Waals surface area contributed by atoms with Crippen LogP contribution in [0.3, 0.4) is 0 Å². The summed E-state index contributed by atoms with van der Waals surface area (Å²) in [7, 11) is 1.70. The summed E-state index contributed by atoms with van der Waals surface area (Å²) in [5, 5.41) is 10.7. The minimum atomic E-state index is -1.17. The average molecular weight is 595 g/mol. The van der Waals surface area contributed by atoms with Crippen LogP contribution >= 0.6 is 0 Å². The van der Waals surface area contributed by atoms with E-state index in [0.717, 1.165) is 18.7 Å². The Labute approximate surface area is 254 Å². The van der Waals surface area contributed by atoms with E-state index in [1.165, 1.54) is 0 Å². The van der Waals surface area contributed by atoms with E-state index in [1.807, 2.05) is 37.3 Å². The molecule has 0 aliphatic carbocycles. The number of carbonyl (C=O) groups is 3. The highest BCUT2D eigenvalue weighted by molar-refractivity contribution is 5.99. The number of carbonyl (C=O) groups excluding carboxylic acids is 3. The topological polar surface area (TPSA) is 103 Å². The summed E-state index contributed by atoms with van der Waals surface area (Å²) in [6.45, 7) is 13.9. The Morgan fingerprint density at radius 1 is 1.12 bits per heavy atom. The van der Waals surface area contributed by atoms with Gasteiger partial charge in [-0.1, -0.05) is 42.5 Å². The number of hydrogen-bond donors (Lipinski definition) is 1. The molecule has 0 saturated carbocycles. The van der Waals surface area contributed by atoms with E-state index in [0.29, 0.717) is 58.7 Å². The van der Waals surface area contributed by atoms with Crippen molar-refractivity contribution in [1.29, 1.82) is 0 Å². The van der Waals surface area contributed by atoms with Crippen molar-refractivity contribution in [2.45, 2.75) is 49.5 Å². The molecule has 1 aromatic carbocycles. The number of aliphatic hydroxyl groups is 1. The molecule has 4 fully saturated rings. The van der Waals surface area contributed by atoms with Gasteiger partial charge in [-0.25, -0.2) is 0 Å². The van der Waals surface area contributed by atoms with Gasteiger partial charge >= 0.3 is 0 Å². The Morgan fingerprint density at radius 2 is 1.81 bits per heavy atom. The largest absolute Gasteiger partial charge is 0.394 e. The van der Waals surface area contributed by atoms with E-state index in [1.54, 1.807) is 33.9 Å². The van der Waals surface area contributed by atoms with Crippen molar-refractivity contribution in [2.75, 3.05) is 66.1 Å². The Kier molecular flexibility index (Phi) is 9.41. The molecular formula is C33H46N4O6. The zero-order chi connectivity index (χ0) is 30.8. The first-order valence-electron chi connectivity index (χ1n) is 15.4. The van der Waals surface area contributed by atoms with Crippen LogP contribution in [0.25, 0.3) is 0 Å². The predicted molar refractivity (Wildman–Crippen MR) is 162 cm³/mol. The van der Waals surface area contributed by atoms with Crippen molar-refractivity contribution < 1.29 is 29.0 Å². The number of ether oxygens (including phenoxy) is 2. The Balaban J connectivity index is 1.53. The minimum Gasteiger partial charge on any atom is -0.394 e. The van der Waals surface area contributed by atoms with E-state index in [-0.39, 0.29) is 24.3 Å². The molecule has 0 aromatic heterocycles. The number of likely N-dealkylation sites (tertiary alicyclic amines) is 1. The maximum Gasteiger partial charge on any atom is 0.248 e. The Bertz CT molecular complexity index is 1210. The van der Waals surface area contributed by atoms with Crippen LogP contribution in [0, 0.1) is 11.8 Å². The molecule has 3 amide bonds. The first-order chi connectivity index (χ1) is 20.7. The highest BCUT2D eigenvalue weighted by Crippen LogP contribution is 2.63. The Morgan fingerprint density at radius 3 is 2.47 bits per heavy atom. The molecule has 10 nitrogen and oxygen atoms in total. The van der Waals surface area contributed by atoms with Gasteiger partial charge in [0.05, 0.1) is 43.3 Å². The summed E-state index contributed by atoms with van der Waals surface area (Å²) in [4.78, 5) is 50.4. The number of amides is 3. The molecule has 5 rings (SSSR count). The molecule has 4 heterocycles. The van der Waals surface area contributed by atoms with Crippen molar-refractivity contribution in [1.82, 2.24) is 19.6 Å². The molecule has 10 heteroatoms. The van der Waals surface area contributed by atoms with Gasteiger partial charge in [-0.05, 0) is 31.7 Å². The molecule has 234 valence electrons. The summed E-state index contributed by atoms with van der Waals surface area (Å²) in [6.07, 6.45) is 4.77. The van der Waals surface area contributed by atoms with Gasteiger partial charge in [0.1, 0.15) is 11.6 Å². The van der Waals surface area contributed by atoms with Crippen LogP contribution in [0.2, 0.25) is 0 Å². The van der Waals surface area contributed by atoms with Crippen molar-refractivity contribution in [3.05, 3.63) is 61.2 Å². The number of hydrogen-bond acceptors (Lipinski definition) is 7. The van der Waals surface area contributed by atoms with Crippen molar-refractivity contribution in [3.63, 3.8) is 0 Å². The smallest absolute Gasteiger partial charge is 0.248 e. The summed E-state index contributed by atoms with van der Waals surface area (Å²) in [6, 6.07) is 8.01. The van der Waals surface area contributed by atoms with Crippen LogP contribution in [0.4, 0.5) is 0 Å². The standard InChI is InChI=1S/C33H46N4O6/c1-5-14-34(4)29(39)26-27-30(40)37(25(23-38)22-24-10-8-7-9-11-24)28(33(27)13-12-32(26,3)43-33)31(41)36(15-6-2)17-16-35-18-20-42-21-19-35/h5-11,25-28,38H,1-2,12-23H2,3-4H3/t25-,26-,27+,28?,32+,33?/m1/s1. The second-order valence-corrected chi connectivity index (χ2v) is 12.5. The van der Waals surface area contributed by atoms with E-state index in [2.05, 4.69) is 18.1 Å². The van der Waals surface area contributed by atoms with E-state index < -0.39 is 35.1 Å². The van der Waals surface area contributed by atoms with E-state index >= 15 is 0 Å². The second-order valence-electron chi connectivity index (χ2n) is 12.5. The van der Waals surface area contributed by atoms with Crippen LogP contribution in [0.15, 0.2) is 55.6 Å². The molecule has 2 unspecified atom stereocenters. The van der Waals surface area contributed by atoms with Gasteiger partial charge in [0.25, 0.3) is 0 Å². The fourth-order valence-electron chi connectivity index (χ4n) is 7.78. The van der Waals surface area contributed by atoms with Crippen LogP contribution in [-0.2, 0) is 30.3 Å². The van der Waals surface area contributed by atoms with Crippen LogP contribution in [-0.4, -0.2) is 132 Å². The van der Waals surface area contributed by atoms with Crippen LogP contribution in [0.1, 0.15) is 25.3 Å². The zero-order valence-corrected chi connectivity index (χ0v) is 25.5.